The number of carbonyl (C=O) groups excluding carboxylic acids is 1. The molecule has 2 rings (SSSR count). The summed E-state index contributed by atoms with van der Waals surface area (Å²) in [4.78, 5) is 11.9. The van der Waals surface area contributed by atoms with Gasteiger partial charge in [0, 0.05) is 0 Å². The molecule has 4 nitrogen and oxygen atoms in total. The van der Waals surface area contributed by atoms with Crippen molar-refractivity contribution in [3.63, 3.8) is 0 Å². The van der Waals surface area contributed by atoms with Crippen LogP contribution in [-0.4, -0.2) is 17.6 Å². The van der Waals surface area contributed by atoms with Crippen LogP contribution in [0.25, 0.3) is 0 Å². The van der Waals surface area contributed by atoms with Gasteiger partial charge < -0.3 is 10.1 Å². The van der Waals surface area contributed by atoms with Gasteiger partial charge >= 0.3 is 0 Å². The largest absolute Gasteiger partial charge is 0.484 e. The Morgan fingerprint density at radius 3 is 2.54 bits per heavy atom. The van der Waals surface area contributed by atoms with Crippen LogP contribution in [0.15, 0.2) is 36.4 Å². The maximum absolute atomic E-state index is 11.9. The number of ether oxygens (including phenoxy) is 1. The lowest BCUT2D eigenvalue weighted by Gasteiger charge is -2.12. The van der Waals surface area contributed by atoms with Crippen molar-refractivity contribution < 1.29 is 9.53 Å². The molecule has 2 aromatic rings. The van der Waals surface area contributed by atoms with E-state index in [1.54, 1.807) is 6.07 Å². The van der Waals surface area contributed by atoms with Gasteiger partial charge in [0.2, 0.25) is 0 Å². The summed E-state index contributed by atoms with van der Waals surface area (Å²) >= 11 is 22.9. The molecule has 24 heavy (non-hydrogen) atoms. The molecular weight excluding hydrogens is 391 g/mol. The summed E-state index contributed by atoms with van der Waals surface area (Å²) in [7, 11) is 0. The van der Waals surface area contributed by atoms with Gasteiger partial charge in [-0.1, -0.05) is 46.9 Å². The van der Waals surface area contributed by atoms with Crippen LogP contribution in [0, 0.1) is 6.92 Å². The van der Waals surface area contributed by atoms with Gasteiger partial charge in [-0.3, -0.25) is 10.1 Å². The Hall–Kier alpha value is -1.53. The first-order chi connectivity index (χ1) is 11.3. The molecule has 0 aromatic heterocycles. The van der Waals surface area contributed by atoms with Crippen LogP contribution in [0.1, 0.15) is 5.56 Å². The van der Waals surface area contributed by atoms with Gasteiger partial charge in [-0.15, -0.1) is 0 Å². The number of thiocarbonyl (C=S) groups is 1. The van der Waals surface area contributed by atoms with Crippen molar-refractivity contribution in [1.82, 2.24) is 5.32 Å². The summed E-state index contributed by atoms with van der Waals surface area (Å²) in [6.07, 6.45) is 0. The third-order valence-electron chi connectivity index (χ3n) is 2.87. The van der Waals surface area contributed by atoms with Crippen LogP contribution >= 0.6 is 47.0 Å². The Kier molecular flexibility index (Phi) is 6.69. The lowest BCUT2D eigenvalue weighted by Crippen LogP contribution is -2.37. The summed E-state index contributed by atoms with van der Waals surface area (Å²) in [5.41, 5.74) is 1.48. The van der Waals surface area contributed by atoms with E-state index in [9.17, 15) is 4.79 Å². The highest BCUT2D eigenvalue weighted by Gasteiger charge is 2.10. The van der Waals surface area contributed by atoms with Gasteiger partial charge in [0.15, 0.2) is 11.7 Å². The first kappa shape index (κ1) is 18.8. The molecule has 0 radical (unpaired) electrons. The highest BCUT2D eigenvalue weighted by molar-refractivity contribution is 7.80. The summed E-state index contributed by atoms with van der Waals surface area (Å²) in [6, 6.07) is 10.4. The molecule has 1 amide bonds. The minimum absolute atomic E-state index is 0.0770. The molecule has 0 saturated heterocycles. The molecule has 0 aliphatic carbocycles. The highest BCUT2D eigenvalue weighted by Crippen LogP contribution is 2.32. The van der Waals surface area contributed by atoms with E-state index >= 15 is 0 Å². The van der Waals surface area contributed by atoms with Crippen molar-refractivity contribution in [1.29, 1.82) is 0 Å². The molecule has 2 aromatic carbocycles. The average molecular weight is 404 g/mol. The van der Waals surface area contributed by atoms with Crippen molar-refractivity contribution in [3.05, 3.63) is 57.0 Å². The van der Waals surface area contributed by atoms with E-state index in [1.165, 1.54) is 12.1 Å². The van der Waals surface area contributed by atoms with E-state index in [2.05, 4.69) is 10.6 Å². The third-order valence-corrected chi connectivity index (χ3v) is 4.11. The van der Waals surface area contributed by atoms with Crippen LogP contribution in [0.4, 0.5) is 5.69 Å². The average Bonchev–Trinajstić information content (AvgIpc) is 2.50. The molecule has 0 aliphatic rings. The number of aryl methyl sites for hydroxylation is 1. The molecule has 0 spiro atoms. The molecule has 0 bridgehead atoms. The van der Waals surface area contributed by atoms with Crippen molar-refractivity contribution in [2.75, 3.05) is 11.9 Å². The lowest BCUT2D eigenvalue weighted by atomic mass is 10.2. The number of halogens is 3. The number of hydrogen-bond acceptors (Lipinski definition) is 3. The van der Waals surface area contributed by atoms with Gasteiger partial charge in [-0.05, 0) is 49.0 Å². The number of anilines is 1. The van der Waals surface area contributed by atoms with Crippen molar-refractivity contribution in [3.8, 4) is 5.75 Å². The Bertz CT molecular complexity index is 784. The first-order valence-electron chi connectivity index (χ1n) is 6.80. The van der Waals surface area contributed by atoms with Gasteiger partial charge in [-0.2, -0.15) is 0 Å². The second-order valence-electron chi connectivity index (χ2n) is 4.85. The molecular formula is C16H13Cl3N2O2S. The molecule has 8 heteroatoms. The molecule has 0 unspecified atom stereocenters. The van der Waals surface area contributed by atoms with E-state index in [0.717, 1.165) is 5.56 Å². The van der Waals surface area contributed by atoms with E-state index in [-0.39, 0.29) is 11.7 Å². The van der Waals surface area contributed by atoms with E-state index in [1.807, 2.05) is 25.1 Å². The summed E-state index contributed by atoms with van der Waals surface area (Å²) in [5, 5.41) is 6.34. The molecule has 0 aliphatic heterocycles. The number of hydrogen-bond donors (Lipinski definition) is 2. The van der Waals surface area contributed by atoms with Crippen LogP contribution in [0.3, 0.4) is 0 Å². The smallest absolute Gasteiger partial charge is 0.264 e. The number of benzene rings is 2. The van der Waals surface area contributed by atoms with Crippen molar-refractivity contribution in [2.24, 2.45) is 0 Å². The van der Waals surface area contributed by atoms with E-state index in [0.29, 0.717) is 26.5 Å². The summed E-state index contributed by atoms with van der Waals surface area (Å²) < 4.78 is 5.39. The lowest BCUT2D eigenvalue weighted by molar-refractivity contribution is -0.121. The normalized spacial score (nSPS) is 10.2. The Morgan fingerprint density at radius 1 is 1.12 bits per heavy atom. The number of amides is 1. The van der Waals surface area contributed by atoms with Crippen LogP contribution < -0.4 is 15.4 Å². The van der Waals surface area contributed by atoms with Gasteiger partial charge in [-0.25, -0.2) is 0 Å². The summed E-state index contributed by atoms with van der Waals surface area (Å²) in [6.45, 7) is 1.77. The fourth-order valence-electron chi connectivity index (χ4n) is 1.79. The fraction of sp³-hybridized carbons (Fsp3) is 0.125. The van der Waals surface area contributed by atoms with Gasteiger partial charge in [0.05, 0.1) is 20.8 Å². The number of carbonyl (C=O) groups is 1. The maximum Gasteiger partial charge on any atom is 0.264 e. The van der Waals surface area contributed by atoms with Crippen LogP contribution in [-0.2, 0) is 4.79 Å². The first-order valence-corrected chi connectivity index (χ1v) is 8.34. The molecule has 126 valence electrons. The summed E-state index contributed by atoms with van der Waals surface area (Å²) in [5.74, 6) is 0.210. The Morgan fingerprint density at radius 2 is 1.83 bits per heavy atom. The molecule has 2 N–H and O–H groups in total. The third kappa shape index (κ3) is 5.53. The Labute approximate surface area is 160 Å². The zero-order valence-corrected chi connectivity index (χ0v) is 15.6. The quantitative estimate of drug-likeness (QED) is 0.566. The Balaban J connectivity index is 1.88. The second-order valence-corrected chi connectivity index (χ2v) is 6.48. The fourth-order valence-corrected chi connectivity index (χ4v) is 2.61. The SMILES string of the molecule is Cc1cccc(OCC(=O)NC(=S)Nc2cc(Cl)c(Cl)cc2Cl)c1. The van der Waals surface area contributed by atoms with Crippen LogP contribution in [0.2, 0.25) is 15.1 Å². The van der Waals surface area contributed by atoms with Crippen molar-refractivity contribution >= 4 is 63.7 Å². The zero-order chi connectivity index (χ0) is 17.7. The maximum atomic E-state index is 11.9. The predicted molar refractivity (Wildman–Crippen MR) is 103 cm³/mol. The second kappa shape index (κ2) is 8.53. The molecule has 0 saturated carbocycles. The minimum atomic E-state index is -0.398. The van der Waals surface area contributed by atoms with Gasteiger partial charge in [0.25, 0.3) is 5.91 Å². The molecule has 0 atom stereocenters. The predicted octanol–water partition coefficient (Wildman–Crippen LogP) is 4.85. The topological polar surface area (TPSA) is 50.4 Å². The van der Waals surface area contributed by atoms with E-state index in [4.69, 9.17) is 51.8 Å². The monoisotopic (exact) mass is 402 g/mol. The standard InChI is InChI=1S/C16H13Cl3N2O2S/c1-9-3-2-4-10(5-9)23-8-15(22)21-16(24)20-14-7-12(18)11(17)6-13(14)19/h2-7H,8H2,1H3,(H2,20,21,22,24). The van der Waals surface area contributed by atoms with Crippen molar-refractivity contribution in [2.45, 2.75) is 6.92 Å². The molecule has 0 fully saturated rings. The zero-order valence-electron chi connectivity index (χ0n) is 12.5. The highest BCUT2D eigenvalue weighted by atomic mass is 35.5. The van der Waals surface area contributed by atoms with Crippen LogP contribution in [0.5, 0.6) is 5.75 Å². The van der Waals surface area contributed by atoms with Gasteiger partial charge in [0.1, 0.15) is 5.75 Å². The molecule has 0 heterocycles. The number of rotatable bonds is 4. The van der Waals surface area contributed by atoms with E-state index < -0.39 is 5.91 Å². The minimum Gasteiger partial charge on any atom is -0.484 e. The number of nitrogens with one attached hydrogen (secondary N) is 2.